The van der Waals surface area contributed by atoms with E-state index in [-0.39, 0.29) is 0 Å². The molecule has 0 aliphatic heterocycles. The van der Waals surface area contributed by atoms with Crippen molar-refractivity contribution in [2.75, 3.05) is 0 Å². The number of rotatable bonds is 1. The van der Waals surface area contributed by atoms with E-state index in [2.05, 4.69) is 73.7 Å². The number of benzene rings is 4. The molecular weight excluding hydrogens is 292 g/mol. The van der Waals surface area contributed by atoms with Gasteiger partial charge in [0.05, 0.1) is 0 Å². The standard InChI is InChI=1S/C23H16O/c1-15-5-4-8-22-23(15)20-14-19(11-12-21(20)24-22)18-10-9-16-6-2-3-7-17(16)13-18/h2-14H,1H3. The van der Waals surface area contributed by atoms with Crippen LogP contribution >= 0.6 is 0 Å². The Morgan fingerprint density at radius 3 is 2.33 bits per heavy atom. The summed E-state index contributed by atoms with van der Waals surface area (Å²) in [6, 6.07) is 27.8. The zero-order chi connectivity index (χ0) is 16.1. The summed E-state index contributed by atoms with van der Waals surface area (Å²) < 4.78 is 5.99. The van der Waals surface area contributed by atoms with Gasteiger partial charge >= 0.3 is 0 Å². The summed E-state index contributed by atoms with van der Waals surface area (Å²) >= 11 is 0. The second kappa shape index (κ2) is 4.97. The van der Waals surface area contributed by atoms with Crippen LogP contribution in [-0.4, -0.2) is 0 Å². The van der Waals surface area contributed by atoms with Gasteiger partial charge in [-0.15, -0.1) is 0 Å². The van der Waals surface area contributed by atoms with Gasteiger partial charge in [0.2, 0.25) is 0 Å². The van der Waals surface area contributed by atoms with Gasteiger partial charge < -0.3 is 4.42 Å². The number of fused-ring (bicyclic) bond motifs is 4. The highest BCUT2D eigenvalue weighted by atomic mass is 16.3. The van der Waals surface area contributed by atoms with Crippen LogP contribution in [0, 0.1) is 6.92 Å². The lowest BCUT2D eigenvalue weighted by Gasteiger charge is -2.05. The Hall–Kier alpha value is -3.06. The second-order valence-electron chi connectivity index (χ2n) is 6.32. The quantitative estimate of drug-likeness (QED) is 0.335. The van der Waals surface area contributed by atoms with E-state index < -0.39 is 0 Å². The number of hydrogen-bond donors (Lipinski definition) is 0. The summed E-state index contributed by atoms with van der Waals surface area (Å²) in [5.74, 6) is 0. The van der Waals surface area contributed by atoms with E-state index in [4.69, 9.17) is 4.42 Å². The molecule has 0 fully saturated rings. The minimum absolute atomic E-state index is 0.948. The average molecular weight is 308 g/mol. The predicted octanol–water partition coefficient (Wildman–Crippen LogP) is 6.71. The summed E-state index contributed by atoms with van der Waals surface area (Å²) in [6.45, 7) is 2.14. The summed E-state index contributed by atoms with van der Waals surface area (Å²) in [5, 5.41) is 4.94. The topological polar surface area (TPSA) is 13.1 Å². The molecule has 0 aliphatic carbocycles. The molecule has 24 heavy (non-hydrogen) atoms. The molecule has 0 amide bonds. The van der Waals surface area contributed by atoms with E-state index in [1.54, 1.807) is 0 Å². The van der Waals surface area contributed by atoms with Crippen LogP contribution in [0.5, 0.6) is 0 Å². The minimum Gasteiger partial charge on any atom is -0.456 e. The Kier molecular flexibility index (Phi) is 2.77. The van der Waals surface area contributed by atoms with Gasteiger partial charge in [-0.05, 0) is 58.7 Å². The molecule has 1 heterocycles. The lowest BCUT2D eigenvalue weighted by atomic mass is 9.99. The van der Waals surface area contributed by atoms with Gasteiger partial charge in [-0.2, -0.15) is 0 Å². The Morgan fingerprint density at radius 2 is 1.42 bits per heavy atom. The third-order valence-electron chi connectivity index (χ3n) is 4.79. The summed E-state index contributed by atoms with van der Waals surface area (Å²) in [7, 11) is 0. The first kappa shape index (κ1) is 13.4. The summed E-state index contributed by atoms with van der Waals surface area (Å²) in [6.07, 6.45) is 0. The van der Waals surface area contributed by atoms with Gasteiger partial charge in [0, 0.05) is 10.8 Å². The molecule has 0 aliphatic rings. The van der Waals surface area contributed by atoms with Crippen LogP contribution in [0.15, 0.2) is 83.3 Å². The molecular formula is C23H16O. The monoisotopic (exact) mass is 308 g/mol. The number of furan rings is 1. The molecule has 1 heteroatoms. The van der Waals surface area contributed by atoms with Crippen LogP contribution in [0.4, 0.5) is 0 Å². The maximum absolute atomic E-state index is 5.99. The Balaban J connectivity index is 1.77. The highest BCUT2D eigenvalue weighted by Crippen LogP contribution is 2.34. The molecule has 5 aromatic rings. The van der Waals surface area contributed by atoms with Crippen LogP contribution in [-0.2, 0) is 0 Å². The number of hydrogen-bond acceptors (Lipinski definition) is 1. The van der Waals surface area contributed by atoms with Crippen LogP contribution in [0.3, 0.4) is 0 Å². The van der Waals surface area contributed by atoms with Gasteiger partial charge in [0.1, 0.15) is 11.2 Å². The molecule has 0 atom stereocenters. The Morgan fingerprint density at radius 1 is 0.625 bits per heavy atom. The first-order chi connectivity index (χ1) is 11.8. The van der Waals surface area contributed by atoms with E-state index in [1.807, 2.05) is 12.1 Å². The van der Waals surface area contributed by atoms with Crippen molar-refractivity contribution in [2.24, 2.45) is 0 Å². The molecule has 0 unspecified atom stereocenters. The summed E-state index contributed by atoms with van der Waals surface area (Å²) in [4.78, 5) is 0. The van der Waals surface area contributed by atoms with Crippen LogP contribution < -0.4 is 0 Å². The van der Waals surface area contributed by atoms with Gasteiger partial charge in [-0.3, -0.25) is 0 Å². The molecule has 0 spiro atoms. The van der Waals surface area contributed by atoms with Crippen molar-refractivity contribution in [1.29, 1.82) is 0 Å². The van der Waals surface area contributed by atoms with Crippen LogP contribution in [0.25, 0.3) is 43.8 Å². The first-order valence-electron chi connectivity index (χ1n) is 8.21. The zero-order valence-corrected chi connectivity index (χ0v) is 13.4. The minimum atomic E-state index is 0.948. The molecule has 0 radical (unpaired) electrons. The van der Waals surface area contributed by atoms with Gasteiger partial charge in [-0.1, -0.05) is 54.6 Å². The smallest absolute Gasteiger partial charge is 0.135 e. The second-order valence-corrected chi connectivity index (χ2v) is 6.32. The molecule has 1 aromatic heterocycles. The lowest BCUT2D eigenvalue weighted by molar-refractivity contribution is 0.669. The Labute approximate surface area is 140 Å². The highest BCUT2D eigenvalue weighted by molar-refractivity contribution is 6.08. The van der Waals surface area contributed by atoms with Gasteiger partial charge in [0.15, 0.2) is 0 Å². The molecule has 0 saturated heterocycles. The first-order valence-corrected chi connectivity index (χ1v) is 8.21. The fraction of sp³-hybridized carbons (Fsp3) is 0.0435. The van der Waals surface area contributed by atoms with Crippen LogP contribution in [0.2, 0.25) is 0 Å². The molecule has 0 N–H and O–H groups in total. The Bertz CT molecular complexity index is 1210. The predicted molar refractivity (Wildman–Crippen MR) is 101 cm³/mol. The molecule has 0 saturated carbocycles. The van der Waals surface area contributed by atoms with Gasteiger partial charge in [0.25, 0.3) is 0 Å². The lowest BCUT2D eigenvalue weighted by Crippen LogP contribution is -1.80. The van der Waals surface area contributed by atoms with Crippen molar-refractivity contribution in [2.45, 2.75) is 6.92 Å². The van der Waals surface area contributed by atoms with Crippen molar-refractivity contribution in [3.63, 3.8) is 0 Å². The van der Waals surface area contributed by atoms with E-state index in [0.717, 1.165) is 11.2 Å². The maximum atomic E-state index is 5.99. The van der Waals surface area contributed by atoms with Crippen molar-refractivity contribution >= 4 is 32.7 Å². The van der Waals surface area contributed by atoms with Crippen molar-refractivity contribution < 1.29 is 4.42 Å². The van der Waals surface area contributed by atoms with E-state index in [9.17, 15) is 0 Å². The van der Waals surface area contributed by atoms with E-state index in [1.165, 1.54) is 38.2 Å². The van der Waals surface area contributed by atoms with Crippen LogP contribution in [0.1, 0.15) is 5.56 Å². The molecule has 114 valence electrons. The average Bonchev–Trinajstić information content (AvgIpc) is 3.00. The van der Waals surface area contributed by atoms with Crippen molar-refractivity contribution in [3.8, 4) is 11.1 Å². The third-order valence-corrected chi connectivity index (χ3v) is 4.79. The molecule has 0 bridgehead atoms. The third kappa shape index (κ3) is 1.95. The fourth-order valence-electron chi connectivity index (χ4n) is 3.55. The fourth-order valence-corrected chi connectivity index (χ4v) is 3.55. The maximum Gasteiger partial charge on any atom is 0.135 e. The highest BCUT2D eigenvalue weighted by Gasteiger charge is 2.10. The molecule has 5 rings (SSSR count). The SMILES string of the molecule is Cc1cccc2oc3ccc(-c4ccc5ccccc5c4)cc3c12. The normalized spacial score (nSPS) is 11.5. The number of aryl methyl sites for hydroxylation is 1. The largest absolute Gasteiger partial charge is 0.456 e. The van der Waals surface area contributed by atoms with E-state index in [0.29, 0.717) is 0 Å². The zero-order valence-electron chi connectivity index (χ0n) is 13.4. The molecule has 4 aromatic carbocycles. The summed E-state index contributed by atoms with van der Waals surface area (Å²) in [5.41, 5.74) is 5.61. The van der Waals surface area contributed by atoms with Crippen molar-refractivity contribution in [3.05, 3.63) is 84.4 Å². The van der Waals surface area contributed by atoms with Crippen molar-refractivity contribution in [1.82, 2.24) is 0 Å². The van der Waals surface area contributed by atoms with E-state index >= 15 is 0 Å². The molecule has 1 nitrogen and oxygen atoms in total. The van der Waals surface area contributed by atoms with Gasteiger partial charge in [-0.25, -0.2) is 0 Å².